The van der Waals surface area contributed by atoms with Crippen molar-refractivity contribution in [3.8, 4) is 0 Å². The number of nitrogens with one attached hydrogen (secondary N) is 2. The van der Waals surface area contributed by atoms with E-state index in [4.69, 9.17) is 11.6 Å². The van der Waals surface area contributed by atoms with E-state index in [9.17, 15) is 14.0 Å². The third kappa shape index (κ3) is 4.69. The van der Waals surface area contributed by atoms with E-state index >= 15 is 0 Å². The average molecular weight is 337 g/mol. The molecule has 0 unspecified atom stereocenters. The first kappa shape index (κ1) is 16.8. The van der Waals surface area contributed by atoms with Gasteiger partial charge in [-0.25, -0.2) is 14.0 Å². The van der Waals surface area contributed by atoms with Crippen LogP contribution in [0.25, 0.3) is 0 Å². The van der Waals surface area contributed by atoms with Gasteiger partial charge in [-0.15, -0.1) is 0 Å². The van der Waals surface area contributed by atoms with E-state index in [1.54, 1.807) is 18.2 Å². The molecule has 2 N–H and O–H groups in total. The summed E-state index contributed by atoms with van der Waals surface area (Å²) >= 11 is 5.67. The molecule has 0 bridgehead atoms. The molecule has 0 spiro atoms. The highest BCUT2D eigenvalue weighted by Crippen LogP contribution is 2.16. The first-order chi connectivity index (χ1) is 11.0. The van der Waals surface area contributed by atoms with Gasteiger partial charge in [0.1, 0.15) is 5.82 Å². The molecule has 0 aromatic heterocycles. The molecule has 2 aromatic rings. The topological polar surface area (TPSA) is 67.4 Å². The molecule has 0 atom stereocenters. The molecular formula is C16H14ClFN2O3. The molecule has 5 nitrogen and oxygen atoms in total. The highest BCUT2D eigenvalue weighted by molar-refractivity contribution is 6.30. The second-order valence-corrected chi connectivity index (χ2v) is 5.04. The number of hydrogen-bond donors (Lipinski definition) is 2. The van der Waals surface area contributed by atoms with Gasteiger partial charge in [0.15, 0.2) is 0 Å². The second kappa shape index (κ2) is 7.60. The molecule has 0 aliphatic carbocycles. The molecule has 7 heteroatoms. The number of hydrogen-bond acceptors (Lipinski definition) is 3. The summed E-state index contributed by atoms with van der Waals surface area (Å²) in [5, 5.41) is 5.20. The standard InChI is InChI=1S/C16H14ClFN2O3/c1-23-15(21)11-3-2-4-12(8-11)20-16(22)19-9-10-5-6-14(18)13(17)7-10/h2-8H,9H2,1H3,(H2,19,20,22). The van der Waals surface area contributed by atoms with Crippen LogP contribution in [0.2, 0.25) is 5.02 Å². The second-order valence-electron chi connectivity index (χ2n) is 4.63. The van der Waals surface area contributed by atoms with E-state index in [0.717, 1.165) is 0 Å². The molecule has 0 saturated carbocycles. The summed E-state index contributed by atoms with van der Waals surface area (Å²) in [4.78, 5) is 23.3. The van der Waals surface area contributed by atoms with E-state index in [1.165, 1.54) is 31.4 Å². The summed E-state index contributed by atoms with van der Waals surface area (Å²) in [5.41, 5.74) is 1.44. The monoisotopic (exact) mass is 336 g/mol. The smallest absolute Gasteiger partial charge is 0.337 e. The van der Waals surface area contributed by atoms with Gasteiger partial charge in [-0.1, -0.05) is 23.7 Å². The number of benzene rings is 2. The van der Waals surface area contributed by atoms with Crippen LogP contribution in [-0.4, -0.2) is 19.1 Å². The van der Waals surface area contributed by atoms with E-state index in [1.807, 2.05) is 0 Å². The lowest BCUT2D eigenvalue weighted by atomic mass is 10.2. The summed E-state index contributed by atoms with van der Waals surface area (Å²) in [5.74, 6) is -1.01. The van der Waals surface area contributed by atoms with Crippen molar-refractivity contribution in [2.24, 2.45) is 0 Å². The summed E-state index contributed by atoms with van der Waals surface area (Å²) in [6, 6.07) is 10.1. The van der Waals surface area contributed by atoms with Gasteiger partial charge in [0.25, 0.3) is 0 Å². The first-order valence-corrected chi connectivity index (χ1v) is 7.04. The Hall–Kier alpha value is -2.60. The molecule has 0 saturated heterocycles. The van der Waals surface area contributed by atoms with Crippen molar-refractivity contribution < 1.29 is 18.7 Å². The zero-order valence-electron chi connectivity index (χ0n) is 12.2. The molecule has 0 heterocycles. The Labute approximate surface area is 137 Å². The fourth-order valence-electron chi connectivity index (χ4n) is 1.85. The molecule has 0 aliphatic rings. The number of anilines is 1. The van der Waals surface area contributed by atoms with Crippen LogP contribution in [0.1, 0.15) is 15.9 Å². The number of esters is 1. The van der Waals surface area contributed by atoms with Crippen molar-refractivity contribution in [2.75, 3.05) is 12.4 Å². The summed E-state index contributed by atoms with van der Waals surface area (Å²) in [6.45, 7) is 0.183. The van der Waals surface area contributed by atoms with Gasteiger partial charge in [0, 0.05) is 12.2 Å². The normalized spacial score (nSPS) is 10.0. The van der Waals surface area contributed by atoms with Crippen LogP contribution >= 0.6 is 11.6 Å². The highest BCUT2D eigenvalue weighted by Gasteiger charge is 2.08. The van der Waals surface area contributed by atoms with E-state index in [2.05, 4.69) is 15.4 Å². The van der Waals surface area contributed by atoms with Crippen LogP contribution in [0.15, 0.2) is 42.5 Å². The van der Waals surface area contributed by atoms with Crippen LogP contribution in [-0.2, 0) is 11.3 Å². The minimum absolute atomic E-state index is 0.00418. The zero-order valence-corrected chi connectivity index (χ0v) is 13.0. The quantitative estimate of drug-likeness (QED) is 0.838. The number of ether oxygens (including phenoxy) is 1. The Balaban J connectivity index is 1.94. The number of halogens is 2. The van der Waals surface area contributed by atoms with Gasteiger partial charge in [0.2, 0.25) is 0 Å². The number of amides is 2. The molecule has 2 rings (SSSR count). The van der Waals surface area contributed by atoms with Gasteiger partial charge in [-0.3, -0.25) is 0 Å². The maximum Gasteiger partial charge on any atom is 0.337 e. The van der Waals surface area contributed by atoms with Crippen LogP contribution in [0, 0.1) is 5.82 Å². The molecule has 120 valence electrons. The molecule has 0 radical (unpaired) electrons. The fraction of sp³-hybridized carbons (Fsp3) is 0.125. The molecule has 2 aromatic carbocycles. The predicted molar refractivity (Wildman–Crippen MR) is 85.0 cm³/mol. The SMILES string of the molecule is COC(=O)c1cccc(NC(=O)NCc2ccc(F)c(Cl)c2)c1. The van der Waals surface area contributed by atoms with Crippen molar-refractivity contribution in [3.63, 3.8) is 0 Å². The van der Waals surface area contributed by atoms with Crippen LogP contribution < -0.4 is 10.6 Å². The van der Waals surface area contributed by atoms with E-state index in [-0.39, 0.29) is 11.6 Å². The van der Waals surface area contributed by atoms with Crippen molar-refractivity contribution in [1.29, 1.82) is 0 Å². The lowest BCUT2D eigenvalue weighted by Gasteiger charge is -2.09. The molecule has 2 amide bonds. The molecular weight excluding hydrogens is 323 g/mol. The number of carbonyl (C=O) groups excluding carboxylic acids is 2. The van der Waals surface area contributed by atoms with E-state index < -0.39 is 17.8 Å². The number of methoxy groups -OCH3 is 1. The minimum atomic E-state index is -0.514. The fourth-order valence-corrected chi connectivity index (χ4v) is 2.05. The van der Waals surface area contributed by atoms with Crippen LogP contribution in [0.3, 0.4) is 0 Å². The Kier molecular flexibility index (Phi) is 5.54. The minimum Gasteiger partial charge on any atom is -0.465 e. The Morgan fingerprint density at radius 1 is 1.22 bits per heavy atom. The lowest BCUT2D eigenvalue weighted by molar-refractivity contribution is 0.0600. The number of rotatable bonds is 4. The van der Waals surface area contributed by atoms with Gasteiger partial charge in [-0.2, -0.15) is 0 Å². The Morgan fingerprint density at radius 2 is 2.00 bits per heavy atom. The van der Waals surface area contributed by atoms with Crippen LogP contribution in [0.5, 0.6) is 0 Å². The first-order valence-electron chi connectivity index (χ1n) is 6.67. The van der Waals surface area contributed by atoms with Gasteiger partial charge >= 0.3 is 12.0 Å². The maximum atomic E-state index is 13.0. The summed E-state index contributed by atoms with van der Waals surface area (Å²) < 4.78 is 17.7. The van der Waals surface area contributed by atoms with Gasteiger partial charge < -0.3 is 15.4 Å². The van der Waals surface area contributed by atoms with Crippen molar-refractivity contribution in [2.45, 2.75) is 6.54 Å². The number of carbonyl (C=O) groups is 2. The Morgan fingerprint density at radius 3 is 2.70 bits per heavy atom. The average Bonchev–Trinajstić information content (AvgIpc) is 2.55. The van der Waals surface area contributed by atoms with Gasteiger partial charge in [-0.05, 0) is 35.9 Å². The Bertz CT molecular complexity index is 737. The van der Waals surface area contributed by atoms with Crippen molar-refractivity contribution >= 4 is 29.3 Å². The molecule has 23 heavy (non-hydrogen) atoms. The molecule has 0 fully saturated rings. The molecule has 0 aliphatic heterocycles. The lowest BCUT2D eigenvalue weighted by Crippen LogP contribution is -2.28. The third-order valence-corrected chi connectivity index (χ3v) is 3.27. The van der Waals surface area contributed by atoms with Gasteiger partial charge in [0.05, 0.1) is 17.7 Å². The highest BCUT2D eigenvalue weighted by atomic mass is 35.5. The van der Waals surface area contributed by atoms with E-state index in [0.29, 0.717) is 16.8 Å². The summed E-state index contributed by atoms with van der Waals surface area (Å²) in [7, 11) is 1.28. The van der Waals surface area contributed by atoms with Crippen molar-refractivity contribution in [3.05, 3.63) is 64.4 Å². The maximum absolute atomic E-state index is 13.0. The predicted octanol–water partition coefficient (Wildman–Crippen LogP) is 3.59. The summed E-state index contributed by atoms with van der Waals surface area (Å²) in [6.07, 6.45) is 0. The number of urea groups is 1. The third-order valence-electron chi connectivity index (χ3n) is 2.98. The largest absolute Gasteiger partial charge is 0.465 e. The van der Waals surface area contributed by atoms with Crippen LogP contribution in [0.4, 0.5) is 14.9 Å². The zero-order chi connectivity index (χ0) is 16.8. The van der Waals surface area contributed by atoms with Crippen molar-refractivity contribution in [1.82, 2.24) is 5.32 Å².